The number of allylic oxidation sites excluding steroid dienone is 2. The Morgan fingerprint density at radius 1 is 1.36 bits per heavy atom. The van der Waals surface area contributed by atoms with Crippen molar-refractivity contribution in [2.24, 2.45) is 0 Å². The number of carbonyl (C=O) groups excluding carboxylic acids is 2. The largest absolute Gasteiger partial charge is 0.462 e. The molecule has 0 aliphatic carbocycles. The maximum Gasteiger partial charge on any atom is 0.341 e. The van der Waals surface area contributed by atoms with Gasteiger partial charge in [-0.25, -0.2) is 9.18 Å². The summed E-state index contributed by atoms with van der Waals surface area (Å²) < 4.78 is 17.4. The quantitative estimate of drug-likeness (QED) is 0.564. The molecule has 0 saturated carbocycles. The molecule has 5 nitrogen and oxygen atoms in total. The number of thiophene rings is 1. The topological polar surface area (TPSA) is 67.4 Å². The van der Waals surface area contributed by atoms with Crippen molar-refractivity contribution in [2.75, 3.05) is 25.5 Å². The molecule has 3 rings (SSSR count). The van der Waals surface area contributed by atoms with Crippen LogP contribution in [0.4, 0.5) is 9.39 Å². The van der Waals surface area contributed by atoms with Crippen molar-refractivity contribution in [2.45, 2.75) is 13.3 Å². The number of anilines is 1. The molecular weight excluding hydrogens is 379 g/mol. The first-order chi connectivity index (χ1) is 13.6. The van der Waals surface area contributed by atoms with E-state index in [4.69, 9.17) is 4.74 Å². The monoisotopic (exact) mass is 402 g/mol. The summed E-state index contributed by atoms with van der Waals surface area (Å²) in [6.45, 7) is 2.97. The smallest absolute Gasteiger partial charge is 0.341 e. The van der Waals surface area contributed by atoms with E-state index in [1.165, 1.54) is 23.5 Å². The standard InChI is InChI=1S/C13H16N2O2S.C8H7FO/c1-3-17-13(16)11-10(8-18-12(11)14-2)9-4-6-15-7-5-9;9-8-3-1-7(2-4-8)5-6-10/h4-6,8,14-15H,3,7H2,1-2H3;1-4,6H,5H2. The number of carbonyl (C=O) groups is 2. The molecule has 7 heteroatoms. The Kier molecular flexibility index (Phi) is 8.42. The SMILES string of the molecule is CCOC(=O)c1c(C2=CCNC=C2)csc1NC.O=CCc1ccc(F)cc1. The highest BCUT2D eigenvalue weighted by atomic mass is 32.1. The van der Waals surface area contributed by atoms with E-state index in [1.807, 2.05) is 31.6 Å². The summed E-state index contributed by atoms with van der Waals surface area (Å²) in [7, 11) is 1.81. The van der Waals surface area contributed by atoms with Gasteiger partial charge in [0.1, 0.15) is 22.7 Å². The molecule has 0 spiro atoms. The molecule has 0 atom stereocenters. The fourth-order valence-electron chi connectivity index (χ4n) is 2.53. The Balaban J connectivity index is 0.000000237. The predicted molar refractivity (Wildman–Crippen MR) is 111 cm³/mol. The molecule has 148 valence electrons. The average molecular weight is 402 g/mol. The fraction of sp³-hybridized carbons (Fsp3) is 0.238. The lowest BCUT2D eigenvalue weighted by atomic mass is 10.0. The van der Waals surface area contributed by atoms with E-state index in [1.54, 1.807) is 12.1 Å². The van der Waals surface area contributed by atoms with Crippen molar-refractivity contribution in [1.82, 2.24) is 5.32 Å². The van der Waals surface area contributed by atoms with E-state index < -0.39 is 0 Å². The third-order valence-electron chi connectivity index (χ3n) is 3.86. The number of rotatable bonds is 6. The minimum Gasteiger partial charge on any atom is -0.462 e. The Labute approximate surface area is 167 Å². The molecule has 1 aliphatic rings. The van der Waals surface area contributed by atoms with E-state index in [0.717, 1.165) is 34.5 Å². The summed E-state index contributed by atoms with van der Waals surface area (Å²) in [5, 5.41) is 8.97. The third kappa shape index (κ3) is 5.79. The van der Waals surface area contributed by atoms with Crippen LogP contribution in [0.2, 0.25) is 0 Å². The molecular formula is C21H23FN2O3S. The highest BCUT2D eigenvalue weighted by molar-refractivity contribution is 7.14. The van der Waals surface area contributed by atoms with Gasteiger partial charge in [-0.3, -0.25) is 0 Å². The second-order valence-corrected chi connectivity index (χ2v) is 6.60. The second kappa shape index (κ2) is 11.0. The molecule has 2 heterocycles. The van der Waals surface area contributed by atoms with Crippen LogP contribution in [0.5, 0.6) is 0 Å². The van der Waals surface area contributed by atoms with Crippen molar-refractivity contribution < 1.29 is 18.7 Å². The maximum atomic E-state index is 12.2. The first-order valence-electron chi connectivity index (χ1n) is 8.85. The van der Waals surface area contributed by atoms with Crippen LogP contribution in [0.25, 0.3) is 5.57 Å². The van der Waals surface area contributed by atoms with Gasteiger partial charge < -0.3 is 20.2 Å². The molecule has 28 heavy (non-hydrogen) atoms. The number of benzene rings is 1. The van der Waals surface area contributed by atoms with Gasteiger partial charge in [-0.15, -0.1) is 11.3 Å². The number of ether oxygens (including phenoxy) is 1. The van der Waals surface area contributed by atoms with E-state index in [2.05, 4.69) is 16.7 Å². The van der Waals surface area contributed by atoms with Crippen LogP contribution in [0.3, 0.4) is 0 Å². The molecule has 2 aromatic rings. The van der Waals surface area contributed by atoms with Crippen molar-refractivity contribution in [3.8, 4) is 0 Å². The van der Waals surface area contributed by atoms with Gasteiger partial charge in [0.05, 0.1) is 6.61 Å². The minimum absolute atomic E-state index is 0.269. The first-order valence-corrected chi connectivity index (χ1v) is 9.73. The van der Waals surface area contributed by atoms with E-state index >= 15 is 0 Å². The van der Waals surface area contributed by atoms with Crippen LogP contribution in [0.15, 0.2) is 48.0 Å². The van der Waals surface area contributed by atoms with Gasteiger partial charge in [-0.1, -0.05) is 18.2 Å². The van der Waals surface area contributed by atoms with E-state index in [9.17, 15) is 14.0 Å². The molecule has 0 saturated heterocycles. The van der Waals surface area contributed by atoms with Crippen molar-refractivity contribution in [3.05, 3.63) is 70.5 Å². The van der Waals surface area contributed by atoms with E-state index in [0.29, 0.717) is 18.6 Å². The molecule has 0 amide bonds. The molecule has 0 bridgehead atoms. The lowest BCUT2D eigenvalue weighted by Crippen LogP contribution is -2.11. The summed E-state index contributed by atoms with van der Waals surface area (Å²) >= 11 is 1.52. The number of nitrogens with one attached hydrogen (secondary N) is 2. The highest BCUT2D eigenvalue weighted by Crippen LogP contribution is 2.34. The van der Waals surface area contributed by atoms with Crippen molar-refractivity contribution in [1.29, 1.82) is 0 Å². The van der Waals surface area contributed by atoms with Crippen LogP contribution in [-0.2, 0) is 16.0 Å². The zero-order valence-electron chi connectivity index (χ0n) is 15.8. The molecule has 0 fully saturated rings. The zero-order chi connectivity index (χ0) is 20.4. The van der Waals surface area contributed by atoms with Gasteiger partial charge in [0, 0.05) is 31.0 Å². The molecule has 1 aromatic heterocycles. The fourth-order valence-corrected chi connectivity index (χ4v) is 3.45. The first kappa shape index (κ1) is 21.4. The molecule has 1 aliphatic heterocycles. The Bertz CT molecular complexity index is 857. The summed E-state index contributed by atoms with van der Waals surface area (Å²) in [4.78, 5) is 22.0. The third-order valence-corrected chi connectivity index (χ3v) is 4.86. The number of dihydropyridines is 1. The van der Waals surface area contributed by atoms with Crippen LogP contribution >= 0.6 is 11.3 Å². The molecule has 1 aromatic carbocycles. The molecule has 0 unspecified atom stereocenters. The summed E-state index contributed by atoms with van der Waals surface area (Å²) in [5.41, 5.74) is 3.45. The lowest BCUT2D eigenvalue weighted by Gasteiger charge is -2.10. The molecule has 0 radical (unpaired) electrons. The average Bonchev–Trinajstić information content (AvgIpc) is 3.16. The maximum absolute atomic E-state index is 12.2. The Morgan fingerprint density at radius 3 is 2.68 bits per heavy atom. The van der Waals surface area contributed by atoms with Gasteiger partial charge in [-0.05, 0) is 42.5 Å². The Hall–Kier alpha value is -2.93. The minimum atomic E-state index is -0.272. The highest BCUT2D eigenvalue weighted by Gasteiger charge is 2.21. The summed E-state index contributed by atoms with van der Waals surface area (Å²) in [5.74, 6) is -0.541. The number of esters is 1. The van der Waals surface area contributed by atoms with Crippen LogP contribution in [0.1, 0.15) is 28.4 Å². The zero-order valence-corrected chi connectivity index (χ0v) is 16.6. The summed E-state index contributed by atoms with van der Waals surface area (Å²) in [6.07, 6.45) is 7.08. The number of aldehydes is 1. The molecule has 2 N–H and O–H groups in total. The predicted octanol–water partition coefficient (Wildman–Crippen LogP) is 4.03. The van der Waals surface area contributed by atoms with Gasteiger partial charge >= 0.3 is 5.97 Å². The van der Waals surface area contributed by atoms with Gasteiger partial charge in [0.25, 0.3) is 0 Å². The van der Waals surface area contributed by atoms with E-state index in [-0.39, 0.29) is 11.8 Å². The van der Waals surface area contributed by atoms with Crippen molar-refractivity contribution >= 4 is 34.2 Å². The van der Waals surface area contributed by atoms with Crippen molar-refractivity contribution in [3.63, 3.8) is 0 Å². The van der Waals surface area contributed by atoms with Gasteiger partial charge in [-0.2, -0.15) is 0 Å². The van der Waals surface area contributed by atoms with Gasteiger partial charge in [0.2, 0.25) is 0 Å². The Morgan fingerprint density at radius 2 is 2.11 bits per heavy atom. The summed E-state index contributed by atoms with van der Waals surface area (Å²) in [6, 6.07) is 5.89. The van der Waals surface area contributed by atoms with Crippen LogP contribution in [0, 0.1) is 5.82 Å². The number of halogens is 1. The second-order valence-electron chi connectivity index (χ2n) is 5.72. The number of hydrogen-bond acceptors (Lipinski definition) is 6. The number of hydrogen-bond donors (Lipinski definition) is 2. The lowest BCUT2D eigenvalue weighted by molar-refractivity contribution is -0.107. The van der Waals surface area contributed by atoms with Crippen LogP contribution in [-0.4, -0.2) is 32.5 Å². The normalized spacial score (nSPS) is 12.2. The van der Waals surface area contributed by atoms with Crippen LogP contribution < -0.4 is 10.6 Å². The van der Waals surface area contributed by atoms with Gasteiger partial charge in [0.15, 0.2) is 0 Å².